The van der Waals surface area contributed by atoms with Crippen molar-refractivity contribution in [1.29, 1.82) is 0 Å². The van der Waals surface area contributed by atoms with E-state index in [1.165, 1.54) is 17.3 Å². The van der Waals surface area contributed by atoms with Gasteiger partial charge in [-0.1, -0.05) is 65.3 Å². The number of fused-ring (bicyclic) bond motifs is 1. The number of benzene rings is 2. The van der Waals surface area contributed by atoms with E-state index < -0.39 is 0 Å². The Morgan fingerprint density at radius 1 is 1.12 bits per heavy atom. The van der Waals surface area contributed by atoms with Crippen LogP contribution in [0.25, 0.3) is 0 Å². The third kappa shape index (κ3) is 3.67. The summed E-state index contributed by atoms with van der Waals surface area (Å²) in [5, 5.41) is 5.31. The first-order valence-electron chi connectivity index (χ1n) is 7.91. The lowest BCUT2D eigenvalue weighted by molar-refractivity contribution is 0.330. The summed E-state index contributed by atoms with van der Waals surface area (Å²) in [6.45, 7) is 0.704. The number of aliphatic imine (C=N–C) groups is 2. The molecule has 0 fully saturated rings. The molecule has 2 aliphatic heterocycles. The Labute approximate surface area is 165 Å². The molecule has 2 heterocycles. The van der Waals surface area contributed by atoms with Crippen LogP contribution in [0.4, 0.5) is 0 Å². The van der Waals surface area contributed by atoms with Gasteiger partial charge in [0.05, 0.1) is 6.34 Å². The predicted molar refractivity (Wildman–Crippen MR) is 108 cm³/mol. The van der Waals surface area contributed by atoms with Crippen LogP contribution >= 0.6 is 35.0 Å². The topological polar surface area (TPSA) is 66.0 Å². The van der Waals surface area contributed by atoms with Crippen LogP contribution in [0.3, 0.4) is 0 Å². The molecule has 5 nitrogen and oxygen atoms in total. The van der Waals surface area contributed by atoms with Crippen LogP contribution in [-0.4, -0.2) is 22.6 Å². The fourth-order valence-corrected chi connectivity index (χ4v) is 4.34. The third-order valence-electron chi connectivity index (χ3n) is 3.94. The Hall–Kier alpha value is -2.15. The monoisotopic (exact) mass is 403 g/mol. The lowest BCUT2D eigenvalue weighted by Gasteiger charge is -2.30. The van der Waals surface area contributed by atoms with Gasteiger partial charge in [-0.25, -0.2) is 9.98 Å². The van der Waals surface area contributed by atoms with Crippen molar-refractivity contribution in [2.45, 2.75) is 17.6 Å². The molecule has 132 valence electrons. The second kappa shape index (κ2) is 7.23. The molecule has 8 heteroatoms. The molecular weight excluding hydrogens is 389 g/mol. The number of hydrogen-bond acceptors (Lipinski definition) is 6. The first-order chi connectivity index (χ1) is 12.6. The minimum Gasteiger partial charge on any atom is -0.382 e. The highest BCUT2D eigenvalue weighted by atomic mass is 35.5. The Morgan fingerprint density at radius 3 is 2.58 bits per heavy atom. The van der Waals surface area contributed by atoms with Crippen LogP contribution in [0.15, 0.2) is 74.9 Å². The molecule has 1 atom stereocenters. The molecule has 0 spiro atoms. The SMILES string of the molecule is NC1=C2N=C(Sc3cc(Cl)cc(Cl)c3)NC2N(Cc2ccccc2)C=N1. The van der Waals surface area contributed by atoms with E-state index in [1.807, 2.05) is 30.3 Å². The van der Waals surface area contributed by atoms with E-state index in [2.05, 4.69) is 32.3 Å². The van der Waals surface area contributed by atoms with E-state index in [-0.39, 0.29) is 6.17 Å². The van der Waals surface area contributed by atoms with Gasteiger partial charge in [-0.3, -0.25) is 0 Å². The zero-order valence-electron chi connectivity index (χ0n) is 13.6. The van der Waals surface area contributed by atoms with Crippen LogP contribution in [0.5, 0.6) is 0 Å². The summed E-state index contributed by atoms with van der Waals surface area (Å²) in [6.07, 6.45) is 1.60. The number of nitrogens with two attached hydrogens (primary N) is 1. The number of hydrogen-bond donors (Lipinski definition) is 2. The largest absolute Gasteiger partial charge is 0.382 e. The third-order valence-corrected chi connectivity index (χ3v) is 5.25. The maximum absolute atomic E-state index is 6.08. The number of halogens is 2. The maximum atomic E-state index is 6.08. The second-order valence-corrected chi connectivity index (χ2v) is 7.78. The standard InChI is InChI=1S/C18H15Cl2N5S/c19-12-6-13(20)8-14(7-12)26-18-23-15-16(21)22-10-25(17(15)24-18)9-11-4-2-1-3-5-11/h1-8,10,17H,9,21H2,(H,23,24). The number of nitrogens with zero attached hydrogens (tertiary/aromatic N) is 3. The number of rotatable bonds is 3. The molecule has 3 N–H and O–H groups in total. The van der Waals surface area contributed by atoms with Crippen molar-refractivity contribution in [3.8, 4) is 0 Å². The molecule has 0 radical (unpaired) electrons. The summed E-state index contributed by atoms with van der Waals surface area (Å²) < 4.78 is 0. The lowest BCUT2D eigenvalue weighted by atomic mass is 10.2. The van der Waals surface area contributed by atoms with Gasteiger partial charge in [0.15, 0.2) is 11.0 Å². The second-order valence-electron chi connectivity index (χ2n) is 5.84. The molecule has 2 aromatic rings. The van der Waals surface area contributed by atoms with Crippen molar-refractivity contribution >= 4 is 46.5 Å². The van der Waals surface area contributed by atoms with Crippen molar-refractivity contribution in [2.75, 3.05) is 0 Å². The molecule has 0 amide bonds. The maximum Gasteiger partial charge on any atom is 0.168 e. The molecule has 0 saturated carbocycles. The van der Waals surface area contributed by atoms with Gasteiger partial charge in [-0.15, -0.1) is 0 Å². The van der Waals surface area contributed by atoms with Gasteiger partial charge in [0.1, 0.15) is 11.9 Å². The van der Waals surface area contributed by atoms with E-state index in [0.717, 1.165) is 15.8 Å². The smallest absolute Gasteiger partial charge is 0.168 e. The van der Waals surface area contributed by atoms with Crippen molar-refractivity contribution in [1.82, 2.24) is 10.2 Å². The highest BCUT2D eigenvalue weighted by Crippen LogP contribution is 2.31. The van der Waals surface area contributed by atoms with E-state index in [0.29, 0.717) is 22.4 Å². The molecule has 2 aliphatic rings. The fourth-order valence-electron chi connectivity index (χ4n) is 2.77. The van der Waals surface area contributed by atoms with Crippen LogP contribution in [-0.2, 0) is 6.54 Å². The van der Waals surface area contributed by atoms with E-state index in [9.17, 15) is 0 Å². The Morgan fingerprint density at radius 2 is 1.85 bits per heavy atom. The van der Waals surface area contributed by atoms with Crippen molar-refractivity contribution in [3.63, 3.8) is 0 Å². The molecular formula is C18H15Cl2N5S. The van der Waals surface area contributed by atoms with Crippen LogP contribution in [0.2, 0.25) is 10.0 Å². The predicted octanol–water partition coefficient (Wildman–Crippen LogP) is 4.04. The normalized spacial score (nSPS) is 18.6. The molecule has 4 rings (SSSR count). The summed E-state index contributed by atoms with van der Waals surface area (Å²) in [5.41, 5.74) is 7.94. The van der Waals surface area contributed by atoms with Crippen molar-refractivity contribution < 1.29 is 0 Å². The van der Waals surface area contributed by atoms with Gasteiger partial charge in [-0.05, 0) is 23.8 Å². The average Bonchev–Trinajstić information content (AvgIpc) is 3.02. The van der Waals surface area contributed by atoms with Crippen LogP contribution in [0, 0.1) is 0 Å². The molecule has 1 unspecified atom stereocenters. The summed E-state index contributed by atoms with van der Waals surface area (Å²) in [5.74, 6) is 0.423. The molecule has 0 saturated heterocycles. The zero-order valence-corrected chi connectivity index (χ0v) is 15.9. The molecule has 2 aromatic carbocycles. The first kappa shape index (κ1) is 17.3. The lowest BCUT2D eigenvalue weighted by Crippen LogP contribution is -2.46. The van der Waals surface area contributed by atoms with Crippen LogP contribution < -0.4 is 11.1 Å². The summed E-state index contributed by atoms with van der Waals surface area (Å²) in [4.78, 5) is 11.9. The first-order valence-corrected chi connectivity index (χ1v) is 9.48. The minimum atomic E-state index is -0.148. The van der Waals surface area contributed by atoms with Gasteiger partial charge in [-0.2, -0.15) is 0 Å². The molecule has 0 aliphatic carbocycles. The van der Waals surface area contributed by atoms with E-state index in [1.54, 1.807) is 12.4 Å². The van der Waals surface area contributed by atoms with Crippen molar-refractivity contribution in [3.05, 3.63) is 75.7 Å². The number of thioether (sulfide) groups is 1. The number of amidine groups is 1. The number of nitrogens with one attached hydrogen (secondary N) is 1. The Balaban J connectivity index is 1.54. The minimum absolute atomic E-state index is 0.148. The highest BCUT2D eigenvalue weighted by molar-refractivity contribution is 8.13. The quantitative estimate of drug-likeness (QED) is 0.811. The van der Waals surface area contributed by atoms with Gasteiger partial charge >= 0.3 is 0 Å². The van der Waals surface area contributed by atoms with Crippen LogP contribution in [0.1, 0.15) is 5.56 Å². The summed E-state index contributed by atoms with van der Waals surface area (Å²) >= 11 is 13.6. The summed E-state index contributed by atoms with van der Waals surface area (Å²) in [7, 11) is 0. The fraction of sp³-hybridized carbons (Fsp3) is 0.111. The molecule has 0 aromatic heterocycles. The molecule has 0 bridgehead atoms. The highest BCUT2D eigenvalue weighted by Gasteiger charge is 2.32. The van der Waals surface area contributed by atoms with Crippen molar-refractivity contribution in [2.24, 2.45) is 15.7 Å². The van der Waals surface area contributed by atoms with Gasteiger partial charge in [0, 0.05) is 21.5 Å². The van der Waals surface area contributed by atoms with Gasteiger partial charge < -0.3 is 16.0 Å². The van der Waals surface area contributed by atoms with Gasteiger partial charge in [0.25, 0.3) is 0 Å². The Bertz CT molecular complexity index is 906. The average molecular weight is 404 g/mol. The summed E-state index contributed by atoms with van der Waals surface area (Å²) in [6, 6.07) is 15.6. The van der Waals surface area contributed by atoms with E-state index >= 15 is 0 Å². The molecule has 26 heavy (non-hydrogen) atoms. The van der Waals surface area contributed by atoms with E-state index in [4.69, 9.17) is 28.9 Å². The zero-order chi connectivity index (χ0) is 18.1. The Kier molecular flexibility index (Phi) is 4.80. The van der Waals surface area contributed by atoms with Gasteiger partial charge in [0.2, 0.25) is 0 Å².